The summed E-state index contributed by atoms with van der Waals surface area (Å²) in [6, 6.07) is 4.30. The average Bonchev–Trinajstić information content (AvgIpc) is 3.16. The summed E-state index contributed by atoms with van der Waals surface area (Å²) >= 11 is 0. The molecule has 1 saturated heterocycles. The summed E-state index contributed by atoms with van der Waals surface area (Å²) < 4.78 is 18.8. The van der Waals surface area contributed by atoms with Crippen LogP contribution in [0.4, 0.5) is 0 Å². The molecule has 0 radical (unpaired) electrons. The van der Waals surface area contributed by atoms with Crippen LogP contribution in [0.2, 0.25) is 0 Å². The predicted octanol–water partition coefficient (Wildman–Crippen LogP) is 3.23. The van der Waals surface area contributed by atoms with Crippen LogP contribution in [0.15, 0.2) is 24.5 Å². The zero-order chi connectivity index (χ0) is 17.8. The van der Waals surface area contributed by atoms with Gasteiger partial charge in [-0.2, -0.15) is 0 Å². The number of likely N-dealkylation sites (N-methyl/N-ethyl adjacent to an activating group) is 1. The molecule has 1 aliphatic heterocycles. The molecule has 1 aromatic carbocycles. The van der Waals surface area contributed by atoms with Crippen molar-refractivity contribution in [3.63, 3.8) is 0 Å². The summed E-state index contributed by atoms with van der Waals surface area (Å²) in [7, 11) is 4.89. The van der Waals surface area contributed by atoms with E-state index in [1.165, 1.54) is 13.0 Å². The van der Waals surface area contributed by atoms with Crippen LogP contribution < -0.4 is 14.2 Å². The summed E-state index contributed by atoms with van der Waals surface area (Å²) in [5.74, 6) is 2.80. The van der Waals surface area contributed by atoms with E-state index in [-0.39, 0.29) is 0 Å². The van der Waals surface area contributed by atoms with Gasteiger partial charge in [-0.25, -0.2) is 4.98 Å². The standard InChI is InChI=1S/C19H27N3O3/c1-5-21-11-6-7-14(13-21)22-12-10-20-19(22)15-8-9-16(23-2)18(25-4)17(15)24-3/h8-10,12,14H,5-7,11,13H2,1-4H3. The highest BCUT2D eigenvalue weighted by Crippen LogP contribution is 2.44. The number of imidazole rings is 1. The Morgan fingerprint density at radius 3 is 2.60 bits per heavy atom. The van der Waals surface area contributed by atoms with Crippen molar-refractivity contribution in [2.45, 2.75) is 25.8 Å². The molecule has 1 atom stereocenters. The van der Waals surface area contributed by atoms with Gasteiger partial charge in [0.1, 0.15) is 5.82 Å². The molecule has 0 saturated carbocycles. The molecule has 1 aromatic heterocycles. The third kappa shape index (κ3) is 3.31. The Kier molecular flexibility index (Phi) is 5.48. The van der Waals surface area contributed by atoms with Crippen LogP contribution in [-0.4, -0.2) is 55.4 Å². The molecule has 1 unspecified atom stereocenters. The Hall–Kier alpha value is -2.21. The second kappa shape index (κ2) is 7.78. The third-order valence-electron chi connectivity index (χ3n) is 4.93. The summed E-state index contributed by atoms with van der Waals surface area (Å²) in [5.41, 5.74) is 0.916. The van der Waals surface area contributed by atoms with Gasteiger partial charge in [-0.1, -0.05) is 6.92 Å². The van der Waals surface area contributed by atoms with E-state index in [0.29, 0.717) is 23.3 Å². The van der Waals surface area contributed by atoms with Gasteiger partial charge in [0.25, 0.3) is 0 Å². The van der Waals surface area contributed by atoms with Gasteiger partial charge in [0.15, 0.2) is 11.5 Å². The molecule has 0 amide bonds. The molecule has 2 heterocycles. The van der Waals surface area contributed by atoms with Crippen LogP contribution in [0.3, 0.4) is 0 Å². The van der Waals surface area contributed by atoms with E-state index >= 15 is 0 Å². The monoisotopic (exact) mass is 345 g/mol. The minimum atomic E-state index is 0.420. The molecule has 1 fully saturated rings. The molecular weight excluding hydrogens is 318 g/mol. The molecule has 1 aliphatic rings. The summed E-state index contributed by atoms with van der Waals surface area (Å²) in [5, 5.41) is 0. The maximum Gasteiger partial charge on any atom is 0.204 e. The van der Waals surface area contributed by atoms with Crippen molar-refractivity contribution >= 4 is 0 Å². The molecular formula is C19H27N3O3. The molecule has 136 valence electrons. The van der Waals surface area contributed by atoms with Crippen LogP contribution in [0.1, 0.15) is 25.8 Å². The lowest BCUT2D eigenvalue weighted by atomic mass is 10.0. The summed E-state index contributed by atoms with van der Waals surface area (Å²) in [4.78, 5) is 7.11. The van der Waals surface area contributed by atoms with Crippen molar-refractivity contribution in [1.82, 2.24) is 14.5 Å². The maximum absolute atomic E-state index is 5.65. The number of benzene rings is 1. The van der Waals surface area contributed by atoms with Crippen molar-refractivity contribution < 1.29 is 14.2 Å². The quantitative estimate of drug-likeness (QED) is 0.804. The lowest BCUT2D eigenvalue weighted by Gasteiger charge is -2.33. The highest BCUT2D eigenvalue weighted by atomic mass is 16.5. The first-order valence-electron chi connectivity index (χ1n) is 8.78. The minimum Gasteiger partial charge on any atom is -0.493 e. The molecule has 3 rings (SSSR count). The molecule has 6 nitrogen and oxygen atoms in total. The number of piperidine rings is 1. The van der Waals surface area contributed by atoms with Gasteiger partial charge in [0, 0.05) is 25.0 Å². The molecule has 0 aliphatic carbocycles. The van der Waals surface area contributed by atoms with Gasteiger partial charge in [-0.05, 0) is 38.1 Å². The van der Waals surface area contributed by atoms with Crippen molar-refractivity contribution in [2.24, 2.45) is 0 Å². The summed E-state index contributed by atoms with van der Waals surface area (Å²) in [6.45, 7) is 5.53. The van der Waals surface area contributed by atoms with Crippen molar-refractivity contribution in [3.05, 3.63) is 24.5 Å². The van der Waals surface area contributed by atoms with E-state index in [2.05, 4.69) is 27.6 Å². The van der Waals surface area contributed by atoms with Gasteiger partial charge in [-0.15, -0.1) is 0 Å². The number of hydrogen-bond donors (Lipinski definition) is 0. The average molecular weight is 345 g/mol. The second-order valence-electron chi connectivity index (χ2n) is 6.23. The molecule has 0 N–H and O–H groups in total. The fourth-order valence-electron chi connectivity index (χ4n) is 3.64. The van der Waals surface area contributed by atoms with E-state index in [1.54, 1.807) is 21.3 Å². The fraction of sp³-hybridized carbons (Fsp3) is 0.526. The first-order chi connectivity index (χ1) is 12.2. The SMILES string of the molecule is CCN1CCCC(n2ccnc2-c2ccc(OC)c(OC)c2OC)C1. The van der Waals surface area contributed by atoms with Gasteiger partial charge < -0.3 is 23.7 Å². The van der Waals surface area contributed by atoms with Gasteiger partial charge in [-0.3, -0.25) is 0 Å². The highest BCUT2D eigenvalue weighted by molar-refractivity contribution is 5.72. The number of aromatic nitrogens is 2. The van der Waals surface area contributed by atoms with Crippen molar-refractivity contribution in [1.29, 1.82) is 0 Å². The smallest absolute Gasteiger partial charge is 0.204 e. The van der Waals surface area contributed by atoms with Crippen molar-refractivity contribution in [3.8, 4) is 28.6 Å². The lowest BCUT2D eigenvalue weighted by Crippen LogP contribution is -2.36. The zero-order valence-electron chi connectivity index (χ0n) is 15.5. The molecule has 2 aromatic rings. The maximum atomic E-state index is 5.65. The van der Waals surface area contributed by atoms with Crippen molar-refractivity contribution in [2.75, 3.05) is 41.0 Å². The van der Waals surface area contributed by atoms with Gasteiger partial charge in [0.05, 0.1) is 26.9 Å². The van der Waals surface area contributed by atoms with E-state index in [4.69, 9.17) is 14.2 Å². The summed E-state index contributed by atoms with van der Waals surface area (Å²) in [6.07, 6.45) is 6.29. The minimum absolute atomic E-state index is 0.420. The third-order valence-corrected chi connectivity index (χ3v) is 4.93. The Labute approximate surface area is 149 Å². The van der Waals surface area contributed by atoms with Crippen LogP contribution in [-0.2, 0) is 0 Å². The largest absolute Gasteiger partial charge is 0.493 e. The van der Waals surface area contributed by atoms with Crippen LogP contribution >= 0.6 is 0 Å². The molecule has 25 heavy (non-hydrogen) atoms. The second-order valence-corrected chi connectivity index (χ2v) is 6.23. The molecule has 0 bridgehead atoms. The first kappa shape index (κ1) is 17.6. The Morgan fingerprint density at radius 2 is 1.92 bits per heavy atom. The topological polar surface area (TPSA) is 48.8 Å². The van der Waals surface area contributed by atoms with E-state index in [1.807, 2.05) is 18.3 Å². The number of likely N-dealkylation sites (tertiary alicyclic amines) is 1. The van der Waals surface area contributed by atoms with Crippen LogP contribution in [0, 0.1) is 0 Å². The van der Waals surface area contributed by atoms with Crippen LogP contribution in [0.5, 0.6) is 17.2 Å². The lowest BCUT2D eigenvalue weighted by molar-refractivity contribution is 0.186. The van der Waals surface area contributed by atoms with E-state index in [0.717, 1.165) is 30.9 Å². The zero-order valence-corrected chi connectivity index (χ0v) is 15.5. The number of ether oxygens (including phenoxy) is 3. The fourth-order valence-corrected chi connectivity index (χ4v) is 3.64. The number of rotatable bonds is 6. The number of nitrogens with zero attached hydrogens (tertiary/aromatic N) is 3. The molecule has 0 spiro atoms. The van der Waals surface area contributed by atoms with E-state index in [9.17, 15) is 0 Å². The van der Waals surface area contributed by atoms with Gasteiger partial charge in [0.2, 0.25) is 5.75 Å². The Bertz CT molecular complexity index is 714. The predicted molar refractivity (Wildman–Crippen MR) is 97.7 cm³/mol. The Balaban J connectivity index is 2.02. The van der Waals surface area contributed by atoms with E-state index < -0.39 is 0 Å². The first-order valence-corrected chi connectivity index (χ1v) is 8.78. The molecule has 6 heteroatoms. The van der Waals surface area contributed by atoms with Gasteiger partial charge >= 0.3 is 0 Å². The Morgan fingerprint density at radius 1 is 1.12 bits per heavy atom. The van der Waals surface area contributed by atoms with Crippen LogP contribution in [0.25, 0.3) is 11.4 Å². The highest BCUT2D eigenvalue weighted by Gasteiger charge is 2.25. The normalized spacial score (nSPS) is 18.2. The number of hydrogen-bond acceptors (Lipinski definition) is 5. The number of methoxy groups -OCH3 is 3.